The molecule has 0 bridgehead atoms. The van der Waals surface area contributed by atoms with Gasteiger partial charge < -0.3 is 15.5 Å². The zero-order valence-electron chi connectivity index (χ0n) is 47.5. The Balaban J connectivity index is 3.77. The smallest absolute Gasteiger partial charge is 0.220 e. The summed E-state index contributed by atoms with van der Waals surface area (Å²) < 4.78 is 0. The Morgan fingerprint density at radius 2 is 0.608 bits per heavy atom. The van der Waals surface area contributed by atoms with Gasteiger partial charge in [-0.3, -0.25) is 4.79 Å². The van der Waals surface area contributed by atoms with Crippen molar-refractivity contribution in [2.45, 2.75) is 244 Å². The zero-order chi connectivity index (χ0) is 53.4. The maximum Gasteiger partial charge on any atom is 0.220 e. The molecule has 0 fully saturated rings. The lowest BCUT2D eigenvalue weighted by Gasteiger charge is -2.19. The van der Waals surface area contributed by atoms with Gasteiger partial charge in [-0.1, -0.05) is 273 Å². The minimum atomic E-state index is -0.904. The molecular weight excluding hydrogens is 903 g/mol. The van der Waals surface area contributed by atoms with Crippen LogP contribution in [0.15, 0.2) is 182 Å². The van der Waals surface area contributed by atoms with Crippen molar-refractivity contribution < 1.29 is 15.0 Å². The number of nitrogens with one attached hydrogen (secondary N) is 1. The molecule has 2 unspecified atom stereocenters. The second-order valence-electron chi connectivity index (χ2n) is 19.3. The Morgan fingerprint density at radius 1 is 0.338 bits per heavy atom. The second-order valence-corrected chi connectivity index (χ2v) is 19.3. The van der Waals surface area contributed by atoms with Crippen molar-refractivity contribution in [1.82, 2.24) is 5.32 Å². The summed E-state index contributed by atoms with van der Waals surface area (Å²) in [6.45, 7) is 4.16. The van der Waals surface area contributed by atoms with Gasteiger partial charge in [0.1, 0.15) is 0 Å². The van der Waals surface area contributed by atoms with Gasteiger partial charge in [0, 0.05) is 6.42 Å². The first-order valence-corrected chi connectivity index (χ1v) is 30.0. The van der Waals surface area contributed by atoms with Crippen LogP contribution in [-0.2, 0) is 4.79 Å². The van der Waals surface area contributed by atoms with Gasteiger partial charge in [0.2, 0.25) is 5.91 Å². The molecule has 0 rings (SSSR count). The molecule has 74 heavy (non-hydrogen) atoms. The van der Waals surface area contributed by atoms with Crippen molar-refractivity contribution in [1.29, 1.82) is 0 Å². The molecule has 4 heteroatoms. The molecule has 0 saturated heterocycles. The van der Waals surface area contributed by atoms with Gasteiger partial charge in [-0.2, -0.15) is 0 Å². The van der Waals surface area contributed by atoms with Gasteiger partial charge in [0.15, 0.2) is 0 Å². The number of carbonyl (C=O) groups excluding carboxylic acids is 1. The lowest BCUT2D eigenvalue weighted by atomic mass is 10.0. The van der Waals surface area contributed by atoms with Crippen molar-refractivity contribution in [2.75, 3.05) is 6.61 Å². The lowest BCUT2D eigenvalue weighted by Crippen LogP contribution is -2.45. The van der Waals surface area contributed by atoms with E-state index >= 15 is 0 Å². The molecule has 0 aromatic carbocycles. The van der Waals surface area contributed by atoms with Gasteiger partial charge in [0.05, 0.1) is 18.8 Å². The van der Waals surface area contributed by atoms with Crippen LogP contribution in [0.3, 0.4) is 0 Å². The van der Waals surface area contributed by atoms with Crippen molar-refractivity contribution in [3.05, 3.63) is 182 Å². The Morgan fingerprint density at radius 3 is 0.946 bits per heavy atom. The summed E-state index contributed by atoms with van der Waals surface area (Å²) in [5.74, 6) is -0.127. The van der Waals surface area contributed by atoms with E-state index in [1.807, 2.05) is 6.08 Å². The van der Waals surface area contributed by atoms with Crippen LogP contribution in [0.4, 0.5) is 0 Å². The molecule has 3 N–H and O–H groups in total. The normalized spacial score (nSPS) is 14.2. The molecule has 0 radical (unpaired) electrons. The number of allylic oxidation sites excluding steroid dienone is 29. The third kappa shape index (κ3) is 58.4. The number of hydrogen-bond acceptors (Lipinski definition) is 3. The van der Waals surface area contributed by atoms with E-state index in [-0.39, 0.29) is 12.5 Å². The average molecular weight is 1010 g/mol. The van der Waals surface area contributed by atoms with E-state index in [2.05, 4.69) is 189 Å². The molecule has 0 aliphatic rings. The fourth-order valence-electron chi connectivity index (χ4n) is 7.84. The topological polar surface area (TPSA) is 69.6 Å². The molecule has 0 aliphatic carbocycles. The van der Waals surface area contributed by atoms with Gasteiger partial charge in [-0.15, -0.1) is 0 Å². The number of amides is 1. The fraction of sp³-hybridized carbons (Fsp3) is 0.557. The average Bonchev–Trinajstić information content (AvgIpc) is 3.40. The maximum absolute atomic E-state index is 12.5. The molecule has 0 saturated carbocycles. The van der Waals surface area contributed by atoms with Gasteiger partial charge in [-0.25, -0.2) is 0 Å². The molecule has 4 nitrogen and oxygen atoms in total. The van der Waals surface area contributed by atoms with Gasteiger partial charge >= 0.3 is 0 Å². The number of aliphatic hydroxyl groups excluding tert-OH is 2. The molecule has 414 valence electrons. The molecule has 1 amide bonds. The number of carbonyl (C=O) groups is 1. The third-order valence-electron chi connectivity index (χ3n) is 12.4. The van der Waals surface area contributed by atoms with E-state index in [1.54, 1.807) is 6.08 Å². The third-order valence-corrected chi connectivity index (χ3v) is 12.4. The van der Waals surface area contributed by atoms with E-state index < -0.39 is 12.1 Å². The lowest BCUT2D eigenvalue weighted by molar-refractivity contribution is -0.123. The Bertz CT molecular complexity index is 1670. The highest BCUT2D eigenvalue weighted by molar-refractivity contribution is 5.76. The van der Waals surface area contributed by atoms with Crippen molar-refractivity contribution in [3.8, 4) is 0 Å². The number of hydrogen-bond donors (Lipinski definition) is 3. The Labute approximate surface area is 457 Å². The minimum absolute atomic E-state index is 0.127. The van der Waals surface area contributed by atoms with Crippen molar-refractivity contribution >= 4 is 5.91 Å². The molecular formula is C70H111NO3. The summed E-state index contributed by atoms with van der Waals surface area (Å²) in [4.78, 5) is 12.5. The molecule has 0 aliphatic heterocycles. The first-order chi connectivity index (χ1) is 36.7. The van der Waals surface area contributed by atoms with E-state index in [0.717, 1.165) is 122 Å². The van der Waals surface area contributed by atoms with Crippen LogP contribution in [0.1, 0.15) is 232 Å². The van der Waals surface area contributed by atoms with Crippen molar-refractivity contribution in [3.63, 3.8) is 0 Å². The van der Waals surface area contributed by atoms with Crippen LogP contribution >= 0.6 is 0 Å². The Kier molecular flexibility index (Phi) is 59.0. The van der Waals surface area contributed by atoms with Crippen LogP contribution in [0.2, 0.25) is 0 Å². The van der Waals surface area contributed by atoms with E-state index in [9.17, 15) is 15.0 Å². The summed E-state index contributed by atoms with van der Waals surface area (Å²) in [6, 6.07) is -0.684. The quantitative estimate of drug-likeness (QED) is 0.0420. The van der Waals surface area contributed by atoms with E-state index in [4.69, 9.17) is 0 Å². The standard InChI is InChI=1S/C70H111NO3/c1-3-5-7-9-11-13-15-17-19-21-23-25-27-28-29-30-31-32-33-34-35-36-37-38-39-40-41-42-44-46-48-50-52-54-56-58-60-62-64-66-70(74)71-68(67-72)69(73)65-63-61-59-57-55-53-51-49-47-45-43-26-24-22-20-18-16-14-12-10-8-6-4-2/h5,7,11,13,17,19,23,25,28-29,31-32,34-35,37-38,40-41,44,46-47,49-50,52,55-58,63,65,68-69,72-73H,3-4,6,8-10,12,14-16,18,20-22,24,26-27,30,33,36,39,42-43,45,48,51,53-54,59-62,64,66-67H2,1-2H3,(H,71,74)/b7-5-,13-11-,19-17-,25-23-,29-28-,32-31-,35-34-,38-37-,41-40-,46-44-,49-47+,52-50-,57-55+,58-56-,65-63+. The molecule has 0 heterocycles. The summed E-state index contributed by atoms with van der Waals surface area (Å²) in [5, 5.41) is 23.1. The van der Waals surface area contributed by atoms with Crippen LogP contribution in [0.5, 0.6) is 0 Å². The summed E-state index contributed by atoms with van der Waals surface area (Å²) in [5.41, 5.74) is 0. The van der Waals surface area contributed by atoms with Gasteiger partial charge in [0.25, 0.3) is 0 Å². The number of aliphatic hydroxyl groups is 2. The SMILES string of the molecule is CC/C=C\C/C=C\C/C=C\C/C=C\C/C=C\C/C=C\C/C=C\C/C=C\C/C=C\C/C=C\C/C=C\C/C=C\CCCCC(=O)NC(CO)C(O)/C=C/CC/C=C/CC/C=C/CCCCCCCCCCCCCCC. The minimum Gasteiger partial charge on any atom is -0.394 e. The van der Waals surface area contributed by atoms with Crippen molar-refractivity contribution in [2.24, 2.45) is 0 Å². The highest BCUT2D eigenvalue weighted by Gasteiger charge is 2.17. The van der Waals surface area contributed by atoms with Crippen LogP contribution in [0.25, 0.3) is 0 Å². The first kappa shape index (κ1) is 69.5. The monoisotopic (exact) mass is 1010 g/mol. The fourth-order valence-corrected chi connectivity index (χ4v) is 7.84. The van der Waals surface area contributed by atoms with Crippen LogP contribution in [-0.4, -0.2) is 34.9 Å². The van der Waals surface area contributed by atoms with Crippen LogP contribution in [0, 0.1) is 0 Å². The molecule has 2 atom stereocenters. The number of unbranched alkanes of at least 4 members (excludes halogenated alkanes) is 17. The van der Waals surface area contributed by atoms with E-state index in [1.165, 1.54) is 89.9 Å². The highest BCUT2D eigenvalue weighted by Crippen LogP contribution is 2.14. The van der Waals surface area contributed by atoms with Crippen LogP contribution < -0.4 is 5.32 Å². The van der Waals surface area contributed by atoms with Gasteiger partial charge in [-0.05, 0) is 135 Å². The summed E-state index contributed by atoms with van der Waals surface area (Å²) >= 11 is 0. The molecule has 0 aromatic rings. The summed E-state index contributed by atoms with van der Waals surface area (Å²) in [7, 11) is 0. The molecule has 0 aromatic heterocycles. The predicted molar refractivity (Wildman–Crippen MR) is 330 cm³/mol. The first-order valence-electron chi connectivity index (χ1n) is 30.0. The zero-order valence-corrected chi connectivity index (χ0v) is 47.5. The molecule has 0 spiro atoms. The highest BCUT2D eigenvalue weighted by atomic mass is 16.3. The maximum atomic E-state index is 12.5. The van der Waals surface area contributed by atoms with E-state index in [0.29, 0.717) is 6.42 Å². The summed E-state index contributed by atoms with van der Waals surface area (Å²) in [6.07, 6.45) is 103. The second kappa shape index (κ2) is 62.8. The largest absolute Gasteiger partial charge is 0.394 e. The Hall–Kier alpha value is -4.51. The predicted octanol–water partition coefficient (Wildman–Crippen LogP) is 20.5. The number of rotatable bonds is 52.